The number of aryl methyl sites for hydroxylation is 2. The fourth-order valence-electron chi connectivity index (χ4n) is 5.76. The highest BCUT2D eigenvalue weighted by molar-refractivity contribution is 7.99. The van der Waals surface area contributed by atoms with E-state index in [-0.39, 0.29) is 22.0 Å². The van der Waals surface area contributed by atoms with E-state index in [9.17, 15) is 34.8 Å². The molecule has 6 aromatic rings. The zero-order chi connectivity index (χ0) is 39.6. The van der Waals surface area contributed by atoms with E-state index in [0.717, 1.165) is 40.2 Å². The van der Waals surface area contributed by atoms with Gasteiger partial charge in [-0.3, -0.25) is 0 Å². The topological polar surface area (TPSA) is 69.8 Å². The van der Waals surface area contributed by atoms with E-state index in [1.54, 1.807) is 24.0 Å². The molecule has 0 amide bonds. The molecule has 0 N–H and O–H groups in total. The van der Waals surface area contributed by atoms with Crippen molar-refractivity contribution in [2.24, 2.45) is 14.1 Å². The third-order valence-electron chi connectivity index (χ3n) is 8.79. The van der Waals surface area contributed by atoms with Gasteiger partial charge in [0.15, 0.2) is 9.84 Å². The second-order valence-electron chi connectivity index (χ2n) is 12.5. The molecule has 0 atom stereocenters. The highest BCUT2D eigenvalue weighted by Gasteiger charge is 2.34. The van der Waals surface area contributed by atoms with Crippen LogP contribution in [0.2, 0.25) is 0 Å². The molecule has 0 bridgehead atoms. The Kier molecular flexibility index (Phi) is 11.9. The molecular weight excluding hydrogens is 747 g/mol. The standard InChI is InChI=1S/C20H19F3N2O2S.C20H19F3N2S/c1-4-28(26,27)18-11-15(20(21,22)23)9-10-16(18)19-24-12-17(25(19)3)14-7-5-13(2)6-8-14;1-4-26-18-11-15(20(21,22)23)9-10-16(18)19-24-12-17(25(19)3)14-7-5-13(2)6-8-14/h5-12H,4H2,1-3H3;5-12H,4H2,1-3H3. The number of benzene rings is 4. The molecule has 0 unspecified atom stereocenters. The maximum Gasteiger partial charge on any atom is 0.416 e. The summed E-state index contributed by atoms with van der Waals surface area (Å²) in [5, 5.41) is 0. The van der Waals surface area contributed by atoms with E-state index in [1.165, 1.54) is 42.4 Å². The van der Waals surface area contributed by atoms with Gasteiger partial charge in [0.2, 0.25) is 0 Å². The van der Waals surface area contributed by atoms with Crippen LogP contribution in [0.25, 0.3) is 45.3 Å². The van der Waals surface area contributed by atoms with E-state index in [2.05, 4.69) is 9.97 Å². The van der Waals surface area contributed by atoms with Crippen molar-refractivity contribution < 1.29 is 34.8 Å². The third-order valence-corrected chi connectivity index (χ3v) is 11.5. The molecule has 0 spiro atoms. The summed E-state index contributed by atoms with van der Waals surface area (Å²) in [5.74, 6) is 1.32. The first kappa shape index (κ1) is 40.4. The number of imidazole rings is 2. The van der Waals surface area contributed by atoms with Crippen LogP contribution in [0.15, 0.2) is 107 Å². The van der Waals surface area contributed by atoms with Gasteiger partial charge in [-0.05, 0) is 67.1 Å². The number of aromatic nitrogens is 4. The Hall–Kier alpha value is -4.82. The van der Waals surface area contributed by atoms with Gasteiger partial charge < -0.3 is 9.13 Å². The molecule has 0 saturated heterocycles. The predicted molar refractivity (Wildman–Crippen MR) is 202 cm³/mol. The Morgan fingerprint density at radius 3 is 1.48 bits per heavy atom. The summed E-state index contributed by atoms with van der Waals surface area (Å²) in [6.07, 6.45) is -5.64. The zero-order valence-corrected chi connectivity index (χ0v) is 32.0. The van der Waals surface area contributed by atoms with Crippen LogP contribution in [0, 0.1) is 13.8 Å². The second-order valence-corrected chi connectivity index (χ2v) is 16.1. The van der Waals surface area contributed by atoms with Crippen LogP contribution < -0.4 is 0 Å². The number of hydrogen-bond acceptors (Lipinski definition) is 5. The highest BCUT2D eigenvalue weighted by Crippen LogP contribution is 2.39. The summed E-state index contributed by atoms with van der Waals surface area (Å²) in [5.41, 5.74) is 5.03. The number of nitrogens with zero attached hydrogens (tertiary/aromatic N) is 4. The summed E-state index contributed by atoms with van der Waals surface area (Å²) in [6.45, 7) is 7.30. The van der Waals surface area contributed by atoms with Gasteiger partial charge >= 0.3 is 12.4 Å². The Labute approximate surface area is 314 Å². The van der Waals surface area contributed by atoms with Gasteiger partial charge in [-0.1, -0.05) is 73.5 Å². The lowest BCUT2D eigenvalue weighted by Gasteiger charge is -2.14. The summed E-state index contributed by atoms with van der Waals surface area (Å²) in [6, 6.07) is 22.4. The van der Waals surface area contributed by atoms with E-state index in [0.29, 0.717) is 28.1 Å². The van der Waals surface area contributed by atoms with Crippen molar-refractivity contribution in [3.63, 3.8) is 0 Å². The van der Waals surface area contributed by atoms with Crippen LogP contribution >= 0.6 is 11.8 Å². The molecule has 6 nitrogen and oxygen atoms in total. The molecule has 14 heteroatoms. The van der Waals surface area contributed by atoms with Gasteiger partial charge in [-0.2, -0.15) is 26.3 Å². The molecule has 0 aliphatic carbocycles. The Morgan fingerprint density at radius 1 is 0.630 bits per heavy atom. The fraction of sp³-hybridized carbons (Fsp3) is 0.250. The molecule has 4 aromatic carbocycles. The number of halogens is 6. The van der Waals surface area contributed by atoms with E-state index in [4.69, 9.17) is 0 Å². The van der Waals surface area contributed by atoms with Gasteiger partial charge in [0, 0.05) is 30.1 Å². The number of rotatable bonds is 8. The van der Waals surface area contributed by atoms with Crippen LogP contribution in [-0.4, -0.2) is 39.0 Å². The number of thioether (sulfide) groups is 1. The van der Waals surface area contributed by atoms with E-state index < -0.39 is 33.3 Å². The summed E-state index contributed by atoms with van der Waals surface area (Å²) in [4.78, 5) is 9.01. The molecule has 0 aliphatic rings. The Morgan fingerprint density at radius 2 is 1.06 bits per heavy atom. The summed E-state index contributed by atoms with van der Waals surface area (Å²) < 4.78 is 107. The molecule has 0 aliphatic heterocycles. The monoisotopic (exact) mass is 784 g/mol. The average molecular weight is 785 g/mol. The molecule has 54 heavy (non-hydrogen) atoms. The lowest BCUT2D eigenvalue weighted by atomic mass is 10.1. The van der Waals surface area contributed by atoms with Gasteiger partial charge in [-0.15, -0.1) is 11.8 Å². The largest absolute Gasteiger partial charge is 0.416 e. The molecule has 2 heterocycles. The molecule has 2 aromatic heterocycles. The van der Waals surface area contributed by atoms with Crippen molar-refractivity contribution in [3.05, 3.63) is 120 Å². The van der Waals surface area contributed by atoms with Crippen LogP contribution in [-0.2, 0) is 36.3 Å². The van der Waals surface area contributed by atoms with Gasteiger partial charge in [0.1, 0.15) is 11.6 Å². The van der Waals surface area contributed by atoms with Crippen molar-refractivity contribution in [3.8, 4) is 45.3 Å². The first-order chi connectivity index (χ1) is 25.3. The first-order valence-electron chi connectivity index (χ1n) is 16.8. The molecule has 0 saturated carbocycles. The van der Waals surface area contributed by atoms with Gasteiger partial charge in [0.05, 0.1) is 45.6 Å². The maximum absolute atomic E-state index is 13.1. The quantitative estimate of drug-likeness (QED) is 0.114. The minimum absolute atomic E-state index is 0.149. The Bertz CT molecular complexity index is 2360. The summed E-state index contributed by atoms with van der Waals surface area (Å²) >= 11 is 1.39. The SMILES string of the molecule is CCS(=O)(=O)c1cc(C(F)(F)F)ccc1-c1ncc(-c2ccc(C)cc2)n1C.CCSc1cc(C(F)(F)F)ccc1-c1ncc(-c2ccc(C)cc2)n1C. The summed E-state index contributed by atoms with van der Waals surface area (Å²) in [7, 11) is -0.300. The zero-order valence-electron chi connectivity index (χ0n) is 30.3. The lowest BCUT2D eigenvalue weighted by molar-refractivity contribution is -0.138. The average Bonchev–Trinajstić information content (AvgIpc) is 3.70. The van der Waals surface area contributed by atoms with Crippen LogP contribution in [0.4, 0.5) is 26.3 Å². The first-order valence-corrected chi connectivity index (χ1v) is 19.5. The third kappa shape index (κ3) is 8.76. The number of sulfone groups is 1. The van der Waals surface area contributed by atoms with Gasteiger partial charge in [0.25, 0.3) is 0 Å². The van der Waals surface area contributed by atoms with Crippen molar-refractivity contribution in [2.75, 3.05) is 11.5 Å². The van der Waals surface area contributed by atoms with Crippen LogP contribution in [0.3, 0.4) is 0 Å². The second kappa shape index (κ2) is 15.9. The fourth-order valence-corrected chi connectivity index (χ4v) is 7.71. The molecular formula is C40H38F6N4O2S2. The van der Waals surface area contributed by atoms with Crippen molar-refractivity contribution in [1.29, 1.82) is 0 Å². The van der Waals surface area contributed by atoms with Crippen molar-refractivity contribution >= 4 is 21.6 Å². The highest BCUT2D eigenvalue weighted by atomic mass is 32.2. The van der Waals surface area contributed by atoms with Crippen molar-refractivity contribution in [2.45, 2.75) is 49.8 Å². The van der Waals surface area contributed by atoms with Crippen LogP contribution in [0.5, 0.6) is 0 Å². The Balaban J connectivity index is 0.000000208. The molecule has 0 radical (unpaired) electrons. The van der Waals surface area contributed by atoms with E-state index in [1.807, 2.05) is 80.9 Å². The normalized spacial score (nSPS) is 12.1. The maximum atomic E-state index is 13.1. The van der Waals surface area contributed by atoms with Gasteiger partial charge in [-0.25, -0.2) is 18.4 Å². The minimum atomic E-state index is -4.63. The molecule has 0 fully saturated rings. The van der Waals surface area contributed by atoms with Crippen molar-refractivity contribution in [1.82, 2.24) is 19.1 Å². The smallest absolute Gasteiger partial charge is 0.327 e. The van der Waals surface area contributed by atoms with Crippen LogP contribution in [0.1, 0.15) is 36.1 Å². The number of hydrogen-bond donors (Lipinski definition) is 0. The van der Waals surface area contributed by atoms with E-state index >= 15 is 0 Å². The molecule has 6 rings (SSSR count). The number of alkyl halides is 6. The molecule has 284 valence electrons. The lowest BCUT2D eigenvalue weighted by Crippen LogP contribution is -2.11. The predicted octanol–water partition coefficient (Wildman–Crippen LogP) is 11.1. The minimum Gasteiger partial charge on any atom is -0.327 e.